The molecule has 2 heterocycles. The van der Waals surface area contributed by atoms with Crippen molar-refractivity contribution in [1.82, 2.24) is 10.3 Å². The van der Waals surface area contributed by atoms with E-state index in [1.807, 2.05) is 48.8 Å². The van der Waals surface area contributed by atoms with Crippen LogP contribution in [0.15, 0.2) is 65.6 Å². The topological polar surface area (TPSA) is 40.2 Å². The van der Waals surface area contributed by atoms with Crippen LogP contribution in [0, 0.1) is 0 Å². The Morgan fingerprint density at radius 1 is 1.12 bits per heavy atom. The summed E-state index contributed by atoms with van der Waals surface area (Å²) in [6.45, 7) is 3.21. The summed E-state index contributed by atoms with van der Waals surface area (Å²) in [4.78, 5) is 8.03. The highest BCUT2D eigenvalue weighted by atomic mass is 35.5. The zero-order valence-corrected chi connectivity index (χ0v) is 15.3. The van der Waals surface area contributed by atoms with Crippen molar-refractivity contribution in [3.05, 3.63) is 76.8 Å². The van der Waals surface area contributed by atoms with Gasteiger partial charge >= 0.3 is 0 Å². The number of aromatic amines is 1. The second-order valence-electron chi connectivity index (χ2n) is 6.19. The summed E-state index contributed by atoms with van der Waals surface area (Å²) in [7, 11) is 0. The van der Waals surface area contributed by atoms with E-state index < -0.39 is 0 Å². The van der Waals surface area contributed by atoms with Gasteiger partial charge in [0.2, 0.25) is 0 Å². The summed E-state index contributed by atoms with van der Waals surface area (Å²) in [5.74, 6) is 0. The fourth-order valence-corrected chi connectivity index (χ4v) is 2.98. The molecule has 130 valence electrons. The van der Waals surface area contributed by atoms with Gasteiger partial charge in [-0.15, -0.1) is 0 Å². The number of allylic oxidation sites excluding steroid dienone is 2. The third-order valence-electron chi connectivity index (χ3n) is 4.24. The van der Waals surface area contributed by atoms with Gasteiger partial charge in [-0.2, -0.15) is 0 Å². The zero-order valence-electron chi connectivity index (χ0n) is 14.6. The minimum atomic E-state index is 0.743. The van der Waals surface area contributed by atoms with E-state index >= 15 is 0 Å². The molecule has 3 rings (SSSR count). The average Bonchev–Trinajstić information content (AvgIpc) is 3.28. The first-order valence-corrected chi connectivity index (χ1v) is 9.29. The molecule has 1 aromatic heterocycles. The van der Waals surface area contributed by atoms with Crippen LogP contribution in [0.2, 0.25) is 5.02 Å². The second-order valence-corrected chi connectivity index (χ2v) is 6.63. The van der Waals surface area contributed by atoms with E-state index in [1.54, 1.807) is 0 Å². The highest BCUT2D eigenvalue weighted by Crippen LogP contribution is 2.30. The lowest BCUT2D eigenvalue weighted by molar-refractivity contribution is 0.645. The Balaban J connectivity index is 1.77. The molecule has 0 atom stereocenters. The van der Waals surface area contributed by atoms with Crippen LogP contribution in [-0.4, -0.2) is 17.2 Å². The number of aromatic nitrogens is 1. The van der Waals surface area contributed by atoms with Crippen LogP contribution >= 0.6 is 11.6 Å². The van der Waals surface area contributed by atoms with E-state index in [1.165, 1.54) is 25.7 Å². The number of hydrogen-bond donors (Lipinski definition) is 2. The standard InChI is InChI=1S/C21H24ClN3/c1-2-3-4-5-12-23-15-21-18(16-8-10-17(22)11-9-16)14-20(25-21)19-7-6-13-24-19/h6-11,13-15,23-24H,2-5,12H2,1H3. The maximum atomic E-state index is 6.03. The fourth-order valence-electron chi connectivity index (χ4n) is 2.85. The molecule has 0 aliphatic carbocycles. The van der Waals surface area contributed by atoms with Crippen LogP contribution in [0.3, 0.4) is 0 Å². The maximum Gasteiger partial charge on any atom is 0.0879 e. The summed E-state index contributed by atoms with van der Waals surface area (Å²) < 4.78 is 0. The van der Waals surface area contributed by atoms with Crippen molar-refractivity contribution in [2.45, 2.75) is 32.6 Å². The lowest BCUT2D eigenvalue weighted by Crippen LogP contribution is -2.08. The molecule has 3 nitrogen and oxygen atoms in total. The minimum Gasteiger partial charge on any atom is -0.389 e. The molecule has 4 heteroatoms. The lowest BCUT2D eigenvalue weighted by atomic mass is 10.0. The third kappa shape index (κ3) is 4.64. The average molecular weight is 354 g/mol. The van der Waals surface area contributed by atoms with Gasteiger partial charge < -0.3 is 10.3 Å². The Labute approximate surface area is 154 Å². The number of H-pyrrole nitrogens is 1. The molecule has 0 spiro atoms. The van der Waals surface area contributed by atoms with Crippen LogP contribution in [0.5, 0.6) is 0 Å². The molecule has 0 fully saturated rings. The first-order chi connectivity index (χ1) is 12.3. The van der Waals surface area contributed by atoms with Crippen LogP contribution in [0.4, 0.5) is 0 Å². The van der Waals surface area contributed by atoms with Gasteiger partial charge in [0, 0.05) is 29.5 Å². The number of unbranched alkanes of at least 4 members (excludes halogenated alkanes) is 3. The van der Waals surface area contributed by atoms with Gasteiger partial charge in [-0.25, -0.2) is 4.99 Å². The van der Waals surface area contributed by atoms with Crippen LogP contribution in [-0.2, 0) is 0 Å². The first kappa shape index (κ1) is 17.6. The quantitative estimate of drug-likeness (QED) is 0.599. The normalized spacial score (nSPS) is 15.4. The van der Waals surface area contributed by atoms with Crippen molar-refractivity contribution in [2.24, 2.45) is 4.99 Å². The molecular formula is C21H24ClN3. The maximum absolute atomic E-state index is 6.03. The second kappa shape index (κ2) is 8.72. The molecule has 0 unspecified atom stereocenters. The summed E-state index contributed by atoms with van der Waals surface area (Å²) in [5, 5.41) is 4.16. The summed E-state index contributed by atoms with van der Waals surface area (Å²) in [6.07, 6.45) is 11.1. The molecule has 0 saturated carbocycles. The molecule has 2 N–H and O–H groups in total. The molecule has 1 aliphatic rings. The van der Waals surface area contributed by atoms with Gasteiger partial charge in [0.05, 0.1) is 17.1 Å². The van der Waals surface area contributed by atoms with Crippen LogP contribution < -0.4 is 5.32 Å². The van der Waals surface area contributed by atoms with Gasteiger partial charge in [0.15, 0.2) is 0 Å². The van der Waals surface area contributed by atoms with Crippen molar-refractivity contribution in [1.29, 1.82) is 0 Å². The van der Waals surface area contributed by atoms with Crippen molar-refractivity contribution >= 4 is 22.9 Å². The fraction of sp³-hybridized carbons (Fsp3) is 0.286. The SMILES string of the molecule is CCCCCCNC=C1N=C(c2ccc[nH]2)C=C1c1ccc(Cl)cc1. The summed E-state index contributed by atoms with van der Waals surface area (Å²) in [5.41, 5.74) is 5.17. The van der Waals surface area contributed by atoms with Crippen molar-refractivity contribution < 1.29 is 0 Å². The number of nitrogens with one attached hydrogen (secondary N) is 2. The van der Waals surface area contributed by atoms with Crippen molar-refractivity contribution in [2.75, 3.05) is 6.54 Å². The van der Waals surface area contributed by atoms with Gasteiger partial charge in [-0.05, 0) is 42.3 Å². The van der Waals surface area contributed by atoms with Crippen LogP contribution in [0.25, 0.3) is 5.57 Å². The van der Waals surface area contributed by atoms with E-state index in [0.29, 0.717) is 0 Å². The van der Waals surface area contributed by atoms with Crippen LogP contribution in [0.1, 0.15) is 43.9 Å². The Hall–Kier alpha value is -2.26. The molecule has 0 radical (unpaired) electrons. The smallest absolute Gasteiger partial charge is 0.0879 e. The predicted octanol–water partition coefficient (Wildman–Crippen LogP) is 5.57. The molecule has 25 heavy (non-hydrogen) atoms. The lowest BCUT2D eigenvalue weighted by Gasteiger charge is -2.06. The molecule has 2 aromatic rings. The Kier molecular flexibility index (Phi) is 6.13. The van der Waals surface area contributed by atoms with Crippen molar-refractivity contribution in [3.8, 4) is 0 Å². The number of aliphatic imine (C=N–C) groups is 1. The van der Waals surface area contributed by atoms with Gasteiger partial charge in [-0.1, -0.05) is 49.9 Å². The largest absolute Gasteiger partial charge is 0.389 e. The molecule has 0 amide bonds. The molecule has 1 aromatic carbocycles. The number of halogens is 1. The van der Waals surface area contributed by atoms with E-state index in [9.17, 15) is 0 Å². The van der Waals surface area contributed by atoms with E-state index in [0.717, 1.165) is 39.8 Å². The zero-order chi connectivity index (χ0) is 17.5. The summed E-state index contributed by atoms with van der Waals surface area (Å²) >= 11 is 6.03. The molecule has 1 aliphatic heterocycles. The Morgan fingerprint density at radius 3 is 2.68 bits per heavy atom. The van der Waals surface area contributed by atoms with E-state index in [2.05, 4.69) is 23.3 Å². The number of hydrogen-bond acceptors (Lipinski definition) is 2. The number of rotatable bonds is 8. The highest BCUT2D eigenvalue weighted by molar-refractivity contribution is 6.30. The minimum absolute atomic E-state index is 0.743. The Morgan fingerprint density at radius 2 is 1.96 bits per heavy atom. The van der Waals surface area contributed by atoms with Gasteiger partial charge in [-0.3, -0.25) is 0 Å². The monoisotopic (exact) mass is 353 g/mol. The number of benzene rings is 1. The highest BCUT2D eigenvalue weighted by Gasteiger charge is 2.17. The first-order valence-electron chi connectivity index (χ1n) is 8.92. The molecule has 0 saturated heterocycles. The van der Waals surface area contributed by atoms with E-state index in [-0.39, 0.29) is 0 Å². The van der Waals surface area contributed by atoms with E-state index in [4.69, 9.17) is 16.6 Å². The molecular weight excluding hydrogens is 330 g/mol. The summed E-state index contributed by atoms with van der Waals surface area (Å²) in [6, 6.07) is 11.9. The Bertz CT molecular complexity index is 768. The number of nitrogens with zero attached hydrogens (tertiary/aromatic N) is 1. The third-order valence-corrected chi connectivity index (χ3v) is 4.49. The van der Waals surface area contributed by atoms with Gasteiger partial charge in [0.1, 0.15) is 0 Å². The van der Waals surface area contributed by atoms with Gasteiger partial charge in [0.25, 0.3) is 0 Å². The predicted molar refractivity (Wildman–Crippen MR) is 107 cm³/mol. The van der Waals surface area contributed by atoms with Crippen molar-refractivity contribution in [3.63, 3.8) is 0 Å². The molecule has 0 bridgehead atoms.